The van der Waals surface area contributed by atoms with Crippen molar-refractivity contribution < 1.29 is 17.9 Å². The van der Waals surface area contributed by atoms with E-state index in [0.717, 1.165) is 11.1 Å². The first-order chi connectivity index (χ1) is 14.7. The Morgan fingerprint density at radius 3 is 2.26 bits per heavy atom. The smallest absolute Gasteiger partial charge is 0.244 e. The number of nitrogens with zero attached hydrogens (tertiary/aromatic N) is 2. The second kappa shape index (κ2) is 9.54. The monoisotopic (exact) mass is 460 g/mol. The molecule has 2 N–H and O–H groups in total. The van der Waals surface area contributed by atoms with Gasteiger partial charge in [-0.15, -0.1) is 10.2 Å². The predicted molar refractivity (Wildman–Crippen MR) is 121 cm³/mol. The molecule has 1 amide bonds. The van der Waals surface area contributed by atoms with Gasteiger partial charge in [0.1, 0.15) is 16.8 Å². The zero-order valence-electron chi connectivity index (χ0n) is 17.6. The van der Waals surface area contributed by atoms with Crippen LogP contribution in [-0.4, -0.2) is 37.7 Å². The molecular weight excluding hydrogens is 436 g/mol. The van der Waals surface area contributed by atoms with Crippen molar-refractivity contribution in [1.82, 2.24) is 14.9 Å². The van der Waals surface area contributed by atoms with E-state index < -0.39 is 22.0 Å². The van der Waals surface area contributed by atoms with Crippen LogP contribution in [0.15, 0.2) is 53.4 Å². The van der Waals surface area contributed by atoms with Crippen LogP contribution in [0.2, 0.25) is 0 Å². The van der Waals surface area contributed by atoms with Crippen LogP contribution in [0.5, 0.6) is 5.75 Å². The van der Waals surface area contributed by atoms with Crippen LogP contribution < -0.4 is 14.8 Å². The van der Waals surface area contributed by atoms with E-state index in [1.54, 1.807) is 26.0 Å². The topological polar surface area (TPSA) is 110 Å². The van der Waals surface area contributed by atoms with Gasteiger partial charge >= 0.3 is 0 Å². The normalized spacial score (nSPS) is 12.5. The Labute approximate surface area is 185 Å². The zero-order valence-corrected chi connectivity index (χ0v) is 19.3. The molecule has 0 bridgehead atoms. The lowest BCUT2D eigenvalue weighted by Gasteiger charge is -2.21. The van der Waals surface area contributed by atoms with E-state index in [2.05, 4.69) is 20.2 Å². The molecule has 0 aliphatic heterocycles. The average Bonchev–Trinajstić information content (AvgIpc) is 3.20. The number of carbonyl (C=O) groups excluding carboxylic acids is 1. The van der Waals surface area contributed by atoms with Gasteiger partial charge in [-0.05, 0) is 37.1 Å². The third kappa shape index (κ3) is 5.66. The second-order valence-corrected chi connectivity index (χ2v) is 9.98. The first-order valence-corrected chi connectivity index (χ1v) is 11.9. The molecule has 1 unspecified atom stereocenters. The summed E-state index contributed by atoms with van der Waals surface area (Å²) in [6.07, 6.45) is 0. The molecule has 1 heterocycles. The fourth-order valence-corrected chi connectivity index (χ4v) is 4.85. The summed E-state index contributed by atoms with van der Waals surface area (Å²) in [7, 11) is -2.41. The summed E-state index contributed by atoms with van der Waals surface area (Å²) in [5.41, 5.74) is 2.02. The maximum atomic E-state index is 12.8. The van der Waals surface area contributed by atoms with Gasteiger partial charge in [0.25, 0.3) is 0 Å². The van der Waals surface area contributed by atoms with Crippen molar-refractivity contribution in [2.45, 2.75) is 31.7 Å². The summed E-state index contributed by atoms with van der Waals surface area (Å²) < 4.78 is 33.1. The first-order valence-electron chi connectivity index (χ1n) is 9.57. The summed E-state index contributed by atoms with van der Waals surface area (Å²) >= 11 is 1.22. The Morgan fingerprint density at radius 1 is 1.03 bits per heavy atom. The number of rotatable bonds is 8. The van der Waals surface area contributed by atoms with Gasteiger partial charge in [0.05, 0.1) is 12.0 Å². The number of hydrogen-bond donors (Lipinski definition) is 2. The molecule has 0 fully saturated rings. The van der Waals surface area contributed by atoms with Gasteiger partial charge in [-0.1, -0.05) is 55.0 Å². The van der Waals surface area contributed by atoms with E-state index in [9.17, 15) is 13.2 Å². The molecule has 10 heteroatoms. The molecule has 164 valence electrons. The minimum absolute atomic E-state index is 0.0457. The molecule has 1 aromatic heterocycles. The molecule has 0 aliphatic carbocycles. The highest BCUT2D eigenvalue weighted by atomic mass is 32.2. The molecule has 3 aromatic rings. The van der Waals surface area contributed by atoms with Crippen LogP contribution in [0.25, 0.3) is 10.6 Å². The Balaban J connectivity index is 1.74. The molecule has 0 radical (unpaired) electrons. The minimum Gasteiger partial charge on any atom is -0.497 e. The minimum atomic E-state index is -3.91. The predicted octanol–water partition coefficient (Wildman–Crippen LogP) is 3.46. The number of carbonyl (C=O) groups is 1. The van der Waals surface area contributed by atoms with Crippen molar-refractivity contribution in [3.63, 3.8) is 0 Å². The fraction of sp³-hybridized carbons (Fsp3) is 0.286. The molecule has 2 aromatic carbocycles. The fourth-order valence-electron chi connectivity index (χ4n) is 2.75. The number of amides is 1. The first kappa shape index (κ1) is 22.9. The van der Waals surface area contributed by atoms with E-state index in [4.69, 9.17) is 4.74 Å². The number of nitrogens with one attached hydrogen (secondary N) is 2. The number of ether oxygens (including phenoxy) is 1. The van der Waals surface area contributed by atoms with Gasteiger partial charge in [-0.3, -0.25) is 10.1 Å². The number of hydrogen-bond acceptors (Lipinski definition) is 7. The molecule has 1 atom stereocenters. The largest absolute Gasteiger partial charge is 0.497 e. The van der Waals surface area contributed by atoms with E-state index in [0.29, 0.717) is 15.9 Å². The summed E-state index contributed by atoms with van der Waals surface area (Å²) in [5.74, 6) is -0.256. The van der Waals surface area contributed by atoms with Gasteiger partial charge in [0.2, 0.25) is 21.1 Å². The molecule has 0 spiro atoms. The third-order valence-corrected chi connectivity index (χ3v) is 6.90. The summed E-state index contributed by atoms with van der Waals surface area (Å²) in [6.45, 7) is 5.52. The van der Waals surface area contributed by atoms with Crippen molar-refractivity contribution in [3.8, 4) is 16.3 Å². The van der Waals surface area contributed by atoms with E-state index in [-0.39, 0.29) is 10.8 Å². The number of sulfonamides is 1. The van der Waals surface area contributed by atoms with E-state index in [1.807, 2.05) is 31.2 Å². The number of methoxy groups -OCH3 is 1. The zero-order chi connectivity index (χ0) is 22.6. The highest BCUT2D eigenvalue weighted by Gasteiger charge is 2.29. The lowest BCUT2D eigenvalue weighted by molar-refractivity contribution is -0.118. The summed E-state index contributed by atoms with van der Waals surface area (Å²) in [6, 6.07) is 12.8. The highest BCUT2D eigenvalue weighted by molar-refractivity contribution is 7.89. The maximum absolute atomic E-state index is 12.8. The van der Waals surface area contributed by atoms with Crippen molar-refractivity contribution in [2.24, 2.45) is 5.92 Å². The van der Waals surface area contributed by atoms with E-state index >= 15 is 0 Å². The van der Waals surface area contributed by atoms with Crippen molar-refractivity contribution >= 4 is 32.4 Å². The van der Waals surface area contributed by atoms with Crippen LogP contribution >= 0.6 is 11.3 Å². The van der Waals surface area contributed by atoms with Gasteiger partial charge in [-0.25, -0.2) is 8.42 Å². The van der Waals surface area contributed by atoms with Gasteiger partial charge in [-0.2, -0.15) is 4.72 Å². The van der Waals surface area contributed by atoms with Crippen LogP contribution in [0.1, 0.15) is 19.4 Å². The quantitative estimate of drug-likeness (QED) is 0.533. The highest BCUT2D eigenvalue weighted by Crippen LogP contribution is 2.27. The number of aromatic nitrogens is 2. The summed E-state index contributed by atoms with van der Waals surface area (Å²) in [4.78, 5) is 12.9. The van der Waals surface area contributed by atoms with Crippen LogP contribution in [0.4, 0.5) is 5.13 Å². The van der Waals surface area contributed by atoms with Crippen LogP contribution in [0.3, 0.4) is 0 Å². The number of anilines is 1. The molecule has 0 saturated heterocycles. The van der Waals surface area contributed by atoms with Crippen LogP contribution in [0, 0.1) is 12.8 Å². The van der Waals surface area contributed by atoms with E-state index in [1.165, 1.54) is 30.6 Å². The summed E-state index contributed by atoms with van der Waals surface area (Å²) in [5, 5.41) is 11.8. The van der Waals surface area contributed by atoms with Crippen molar-refractivity contribution in [3.05, 3.63) is 54.1 Å². The Bertz CT molecular complexity index is 1140. The molecular formula is C21H24N4O4S2. The van der Waals surface area contributed by atoms with Gasteiger partial charge in [0, 0.05) is 5.56 Å². The lowest BCUT2D eigenvalue weighted by Crippen LogP contribution is -2.47. The van der Waals surface area contributed by atoms with Crippen molar-refractivity contribution in [2.75, 3.05) is 12.4 Å². The molecule has 0 aliphatic rings. The van der Waals surface area contributed by atoms with Gasteiger partial charge in [0.15, 0.2) is 0 Å². The standard InChI is InChI=1S/C21H24N4O4S2/c1-13(2)18(25-31(27,28)17-11-9-16(29-4)10-12-17)19(26)22-21-24-23-20(30-21)15-7-5-14(3)6-8-15/h5-13,18,25H,1-4H3,(H,22,24,26). The van der Waals surface area contributed by atoms with Crippen molar-refractivity contribution in [1.29, 1.82) is 0 Å². The Morgan fingerprint density at radius 2 is 1.68 bits per heavy atom. The average molecular weight is 461 g/mol. The second-order valence-electron chi connectivity index (χ2n) is 7.29. The molecule has 3 rings (SSSR count). The molecule has 0 saturated carbocycles. The van der Waals surface area contributed by atoms with Crippen LogP contribution in [-0.2, 0) is 14.8 Å². The van der Waals surface area contributed by atoms with Gasteiger partial charge < -0.3 is 4.74 Å². The number of aryl methyl sites for hydroxylation is 1. The molecule has 31 heavy (non-hydrogen) atoms. The third-order valence-electron chi connectivity index (χ3n) is 4.55. The Hall–Kier alpha value is -2.82. The maximum Gasteiger partial charge on any atom is 0.244 e. The SMILES string of the molecule is COc1ccc(S(=O)(=O)NC(C(=O)Nc2nnc(-c3ccc(C)cc3)s2)C(C)C)cc1. The lowest BCUT2D eigenvalue weighted by atomic mass is 10.1. The number of benzene rings is 2. The Kier molecular flexibility index (Phi) is 7.04. The molecule has 8 nitrogen and oxygen atoms in total.